The van der Waals surface area contributed by atoms with Crippen LogP contribution in [-0.2, 0) is 11.2 Å². The van der Waals surface area contributed by atoms with E-state index in [4.69, 9.17) is 4.74 Å². The Morgan fingerprint density at radius 1 is 1.13 bits per heavy atom. The molecule has 0 amide bonds. The molecule has 3 nitrogen and oxygen atoms in total. The van der Waals surface area contributed by atoms with Gasteiger partial charge in [-0.05, 0) is 42.0 Å². The molecule has 1 aromatic rings. The number of aliphatic imine (C=N–C) groups is 1. The summed E-state index contributed by atoms with van der Waals surface area (Å²) in [7, 11) is 5.55. The van der Waals surface area contributed by atoms with Crippen LogP contribution in [0.25, 0.3) is 0 Å². The number of fused-ring (bicyclic) bond motifs is 1. The molecular weight excluding hydrogens is 368 g/mol. The molecule has 0 aliphatic carbocycles. The van der Waals surface area contributed by atoms with Crippen molar-refractivity contribution in [2.75, 3.05) is 32.6 Å². The van der Waals surface area contributed by atoms with Gasteiger partial charge < -0.3 is 9.64 Å². The van der Waals surface area contributed by atoms with Crippen LogP contribution < -0.4 is 4.90 Å². The van der Waals surface area contributed by atoms with E-state index >= 15 is 0 Å². The highest BCUT2D eigenvalue weighted by Crippen LogP contribution is 2.29. The third-order valence-electron chi connectivity index (χ3n) is 5.39. The van der Waals surface area contributed by atoms with E-state index in [0.717, 1.165) is 6.54 Å². The van der Waals surface area contributed by atoms with Gasteiger partial charge in [-0.25, -0.2) is 0 Å². The maximum absolute atomic E-state index is 5.15. The summed E-state index contributed by atoms with van der Waals surface area (Å²) in [4.78, 5) is 6.40. The molecule has 1 unspecified atom stereocenters. The van der Waals surface area contributed by atoms with E-state index in [-0.39, 0.29) is 0 Å². The summed E-state index contributed by atoms with van der Waals surface area (Å²) in [6.07, 6.45) is 15.0. The van der Waals surface area contributed by atoms with Crippen LogP contribution >= 0.6 is 0 Å². The molecule has 0 spiro atoms. The number of allylic oxidation sites excluding steroid dienone is 1. The van der Waals surface area contributed by atoms with Gasteiger partial charge in [0.25, 0.3) is 0 Å². The molecule has 0 aromatic heterocycles. The number of hydrogen-bond acceptors (Lipinski definition) is 3. The highest BCUT2D eigenvalue weighted by atomic mass is 16.5. The standard InChI is InChI=1S/C17H24N2O.C8H18.C2H6/c1-13(7-10-17(18-2)20-4)14-8-9-16-15(12-14)6-5-11-19(16)3;1-3-5-7-8-6-4-2;1-2/h7-10,12-13H,5-6,11H2,1-4H3;3-8H2,1-2H3;1-2H3/b10-7-,18-17?;;. The van der Waals surface area contributed by atoms with Crippen LogP contribution in [0.1, 0.15) is 96.6 Å². The predicted octanol–water partition coefficient (Wildman–Crippen LogP) is 7.80. The Hall–Kier alpha value is -1.77. The molecule has 1 aliphatic rings. The van der Waals surface area contributed by atoms with E-state index in [0.29, 0.717) is 11.8 Å². The molecule has 1 aromatic carbocycles. The third kappa shape index (κ3) is 10.8. The quantitative estimate of drug-likeness (QED) is 0.245. The summed E-state index contributed by atoms with van der Waals surface area (Å²) < 4.78 is 5.15. The molecule has 2 rings (SSSR count). The predicted molar refractivity (Wildman–Crippen MR) is 136 cm³/mol. The van der Waals surface area contributed by atoms with Crippen LogP contribution in [0.5, 0.6) is 0 Å². The van der Waals surface area contributed by atoms with Crippen molar-refractivity contribution >= 4 is 11.6 Å². The zero-order valence-corrected chi connectivity index (χ0v) is 21.1. The fraction of sp³-hybridized carbons (Fsp3) is 0.667. The molecule has 30 heavy (non-hydrogen) atoms. The molecule has 0 bridgehead atoms. The zero-order valence-electron chi connectivity index (χ0n) is 21.1. The third-order valence-corrected chi connectivity index (χ3v) is 5.39. The summed E-state index contributed by atoms with van der Waals surface area (Å²) >= 11 is 0. The lowest BCUT2D eigenvalue weighted by molar-refractivity contribution is 0.406. The molecule has 0 N–H and O–H groups in total. The molecule has 0 saturated carbocycles. The van der Waals surface area contributed by atoms with Gasteiger partial charge in [-0.2, -0.15) is 0 Å². The van der Waals surface area contributed by atoms with E-state index < -0.39 is 0 Å². The Bertz CT molecular complexity index is 601. The van der Waals surface area contributed by atoms with Gasteiger partial charge in [-0.3, -0.25) is 4.99 Å². The van der Waals surface area contributed by atoms with Crippen molar-refractivity contribution in [1.82, 2.24) is 0 Å². The molecule has 0 fully saturated rings. The largest absolute Gasteiger partial charge is 0.481 e. The van der Waals surface area contributed by atoms with E-state index in [1.54, 1.807) is 14.2 Å². The van der Waals surface area contributed by atoms with Gasteiger partial charge in [0.15, 0.2) is 0 Å². The molecule has 1 atom stereocenters. The molecule has 1 heterocycles. The first-order chi connectivity index (χ1) is 14.6. The summed E-state index contributed by atoms with van der Waals surface area (Å²) in [6.45, 7) is 11.9. The van der Waals surface area contributed by atoms with E-state index in [2.05, 4.69) is 62.0 Å². The molecule has 0 radical (unpaired) electrons. The molecular formula is C27H48N2O. The summed E-state index contributed by atoms with van der Waals surface area (Å²) in [5, 5.41) is 0. The van der Waals surface area contributed by atoms with Crippen molar-refractivity contribution in [3.05, 3.63) is 41.5 Å². The first-order valence-electron chi connectivity index (χ1n) is 12.1. The van der Waals surface area contributed by atoms with E-state index in [1.807, 2.05) is 19.9 Å². The molecule has 172 valence electrons. The number of hydrogen-bond donors (Lipinski definition) is 0. The normalized spacial score (nSPS) is 14.3. The van der Waals surface area contributed by atoms with Gasteiger partial charge in [0.2, 0.25) is 5.90 Å². The number of aryl methyl sites for hydroxylation is 1. The van der Waals surface area contributed by atoms with E-state index in [1.165, 1.54) is 68.2 Å². The fourth-order valence-electron chi connectivity index (χ4n) is 3.51. The Balaban J connectivity index is 0.000000712. The molecule has 3 heteroatoms. The number of benzene rings is 1. The van der Waals surface area contributed by atoms with Crippen molar-refractivity contribution in [1.29, 1.82) is 0 Å². The van der Waals surface area contributed by atoms with Crippen molar-refractivity contribution in [3.63, 3.8) is 0 Å². The highest BCUT2D eigenvalue weighted by molar-refractivity contribution is 5.87. The van der Waals surface area contributed by atoms with Crippen LogP contribution in [0, 0.1) is 0 Å². The Morgan fingerprint density at radius 2 is 1.77 bits per heavy atom. The number of anilines is 1. The van der Waals surface area contributed by atoms with Crippen molar-refractivity contribution in [2.45, 2.75) is 91.9 Å². The summed E-state index contributed by atoms with van der Waals surface area (Å²) in [5.41, 5.74) is 4.19. The minimum Gasteiger partial charge on any atom is -0.481 e. The number of ether oxygens (including phenoxy) is 1. The highest BCUT2D eigenvalue weighted by Gasteiger charge is 2.14. The first kappa shape index (κ1) is 28.2. The second-order valence-electron chi connectivity index (χ2n) is 7.74. The van der Waals surface area contributed by atoms with Gasteiger partial charge in [0, 0.05) is 26.3 Å². The Kier molecular flexibility index (Phi) is 17.0. The van der Waals surface area contributed by atoms with Crippen LogP contribution in [0.15, 0.2) is 35.3 Å². The lowest BCUT2D eigenvalue weighted by Gasteiger charge is -2.28. The van der Waals surface area contributed by atoms with E-state index in [9.17, 15) is 0 Å². The summed E-state index contributed by atoms with van der Waals surface area (Å²) in [5.74, 6) is 1.02. The van der Waals surface area contributed by atoms with Gasteiger partial charge in [-0.1, -0.05) is 91.4 Å². The number of methoxy groups -OCH3 is 1. The van der Waals surface area contributed by atoms with Crippen LogP contribution in [0.4, 0.5) is 5.69 Å². The average Bonchev–Trinajstić information content (AvgIpc) is 2.79. The minimum absolute atomic E-state index is 0.361. The molecule has 0 saturated heterocycles. The summed E-state index contributed by atoms with van der Waals surface area (Å²) in [6, 6.07) is 6.82. The van der Waals surface area contributed by atoms with Gasteiger partial charge in [0.05, 0.1) is 7.11 Å². The van der Waals surface area contributed by atoms with Crippen molar-refractivity contribution < 1.29 is 4.74 Å². The minimum atomic E-state index is 0.361. The van der Waals surface area contributed by atoms with Gasteiger partial charge >= 0.3 is 0 Å². The number of unbranched alkanes of at least 4 members (excludes halogenated alkanes) is 5. The SMILES string of the molecule is CC.CCCCCCCC.CN=C(/C=C\C(C)c1ccc2c(c1)CCCN2C)OC. The zero-order chi connectivity index (χ0) is 22.8. The van der Waals surface area contributed by atoms with Gasteiger partial charge in [0.1, 0.15) is 0 Å². The van der Waals surface area contributed by atoms with Gasteiger partial charge in [-0.15, -0.1) is 0 Å². The number of nitrogens with zero attached hydrogens (tertiary/aromatic N) is 2. The number of rotatable bonds is 8. The monoisotopic (exact) mass is 416 g/mol. The topological polar surface area (TPSA) is 24.8 Å². The Labute approximate surface area is 187 Å². The smallest absolute Gasteiger partial charge is 0.207 e. The van der Waals surface area contributed by atoms with Crippen molar-refractivity contribution in [2.24, 2.45) is 4.99 Å². The Morgan fingerprint density at radius 3 is 2.30 bits per heavy atom. The van der Waals surface area contributed by atoms with Crippen molar-refractivity contribution in [3.8, 4) is 0 Å². The second kappa shape index (κ2) is 18.0. The first-order valence-corrected chi connectivity index (χ1v) is 12.1. The fourth-order valence-corrected chi connectivity index (χ4v) is 3.51. The lowest BCUT2D eigenvalue weighted by Crippen LogP contribution is -2.24. The van der Waals surface area contributed by atoms with Crippen LogP contribution in [0.2, 0.25) is 0 Å². The molecule has 1 aliphatic heterocycles. The maximum Gasteiger partial charge on any atom is 0.207 e. The van der Waals surface area contributed by atoms with Crippen LogP contribution in [-0.4, -0.2) is 33.6 Å². The van der Waals surface area contributed by atoms with Crippen LogP contribution in [0.3, 0.4) is 0 Å². The maximum atomic E-state index is 5.15. The average molecular weight is 417 g/mol. The second-order valence-corrected chi connectivity index (χ2v) is 7.74. The lowest BCUT2D eigenvalue weighted by atomic mass is 9.94.